The Kier molecular flexibility index (Phi) is 4.52. The first-order valence-electron chi connectivity index (χ1n) is 6.51. The Hall–Kier alpha value is -1.31. The lowest BCUT2D eigenvalue weighted by Gasteiger charge is -2.39. The predicted octanol–water partition coefficient (Wildman–Crippen LogP) is 3.69. The third-order valence-corrected chi connectivity index (χ3v) is 4.23. The first-order valence-corrected chi connectivity index (χ1v) is 7.27. The molecule has 6 heteroatoms. The van der Waals surface area contributed by atoms with Gasteiger partial charge in [-0.2, -0.15) is 5.26 Å². The fourth-order valence-corrected chi connectivity index (χ4v) is 3.10. The molecule has 1 aliphatic carbocycles. The Balaban J connectivity index is 2.29. The van der Waals surface area contributed by atoms with Crippen molar-refractivity contribution < 1.29 is 4.79 Å². The summed E-state index contributed by atoms with van der Waals surface area (Å²) in [5.74, 6) is -0.250. The second kappa shape index (κ2) is 5.99. The smallest absolute Gasteiger partial charge is 0.255 e. The summed E-state index contributed by atoms with van der Waals surface area (Å²) < 4.78 is 0. The summed E-state index contributed by atoms with van der Waals surface area (Å²) in [6, 6.07) is 5.27. The first kappa shape index (κ1) is 15.1. The fraction of sp³-hybridized carbons (Fsp3) is 0.500. The number of amides is 1. The summed E-state index contributed by atoms with van der Waals surface area (Å²) in [6.45, 7) is 0. The van der Waals surface area contributed by atoms with Crippen LogP contribution in [-0.4, -0.2) is 28.4 Å². The summed E-state index contributed by atoms with van der Waals surface area (Å²) in [5.41, 5.74) is -0.366. The molecule has 106 valence electrons. The molecule has 1 saturated carbocycles. The average molecular weight is 312 g/mol. The minimum Gasteiger partial charge on any atom is -0.323 e. The minimum absolute atomic E-state index is 0.170. The summed E-state index contributed by atoms with van der Waals surface area (Å²) >= 11 is 11.6. The molecule has 0 saturated heterocycles. The highest BCUT2D eigenvalue weighted by Crippen LogP contribution is 2.33. The van der Waals surface area contributed by atoms with Crippen LogP contribution < -0.4 is 0 Å². The highest BCUT2D eigenvalue weighted by atomic mass is 35.5. The fourth-order valence-electron chi connectivity index (χ4n) is 2.64. The Morgan fingerprint density at radius 3 is 2.35 bits per heavy atom. The van der Waals surface area contributed by atoms with Crippen molar-refractivity contribution in [1.82, 2.24) is 9.88 Å². The van der Waals surface area contributed by atoms with Crippen molar-refractivity contribution >= 4 is 29.1 Å². The molecule has 1 aliphatic rings. The van der Waals surface area contributed by atoms with Crippen molar-refractivity contribution in [3.05, 3.63) is 28.0 Å². The lowest BCUT2D eigenvalue weighted by molar-refractivity contribution is 0.0589. The van der Waals surface area contributed by atoms with E-state index in [1.54, 1.807) is 7.05 Å². The van der Waals surface area contributed by atoms with Gasteiger partial charge in [-0.15, -0.1) is 0 Å². The number of nitrogens with zero attached hydrogens (tertiary/aromatic N) is 3. The van der Waals surface area contributed by atoms with Crippen LogP contribution in [0.3, 0.4) is 0 Å². The van der Waals surface area contributed by atoms with Gasteiger partial charge in [0.2, 0.25) is 0 Å². The second-order valence-electron chi connectivity index (χ2n) is 5.07. The number of hydrogen-bond donors (Lipinski definition) is 0. The molecule has 0 bridgehead atoms. The zero-order chi connectivity index (χ0) is 14.8. The quantitative estimate of drug-likeness (QED) is 0.783. The number of aromatic nitrogens is 1. The predicted molar refractivity (Wildman–Crippen MR) is 77.8 cm³/mol. The monoisotopic (exact) mass is 311 g/mol. The maximum absolute atomic E-state index is 12.5. The number of carbonyl (C=O) groups is 1. The number of hydrogen-bond acceptors (Lipinski definition) is 3. The van der Waals surface area contributed by atoms with Gasteiger partial charge < -0.3 is 4.90 Å². The van der Waals surface area contributed by atoms with Crippen molar-refractivity contribution in [2.75, 3.05) is 7.05 Å². The van der Waals surface area contributed by atoms with Crippen LogP contribution in [-0.2, 0) is 0 Å². The summed E-state index contributed by atoms with van der Waals surface area (Å²) in [6.07, 6.45) is 4.45. The Labute approximate surface area is 128 Å². The van der Waals surface area contributed by atoms with Crippen LogP contribution in [0.15, 0.2) is 12.1 Å². The van der Waals surface area contributed by atoms with Gasteiger partial charge in [0.25, 0.3) is 5.91 Å². The molecule has 20 heavy (non-hydrogen) atoms. The Morgan fingerprint density at radius 1 is 1.30 bits per heavy atom. The molecular formula is C14H15Cl2N3O. The molecule has 1 aromatic rings. The molecule has 1 aromatic heterocycles. The first-order chi connectivity index (χ1) is 9.48. The van der Waals surface area contributed by atoms with Crippen LogP contribution in [0.4, 0.5) is 0 Å². The van der Waals surface area contributed by atoms with Gasteiger partial charge in [0.05, 0.1) is 6.07 Å². The van der Waals surface area contributed by atoms with E-state index in [2.05, 4.69) is 11.1 Å². The van der Waals surface area contributed by atoms with E-state index >= 15 is 0 Å². The van der Waals surface area contributed by atoms with Crippen LogP contribution in [0, 0.1) is 11.3 Å². The molecule has 0 spiro atoms. The van der Waals surface area contributed by atoms with E-state index in [0.29, 0.717) is 18.4 Å². The molecule has 1 amide bonds. The molecule has 4 nitrogen and oxygen atoms in total. The third-order valence-electron chi connectivity index (χ3n) is 3.85. The van der Waals surface area contributed by atoms with Gasteiger partial charge in [0, 0.05) is 12.6 Å². The van der Waals surface area contributed by atoms with Crippen LogP contribution in [0.5, 0.6) is 0 Å². The van der Waals surface area contributed by atoms with Crippen LogP contribution in [0.2, 0.25) is 10.3 Å². The van der Waals surface area contributed by atoms with Crippen LogP contribution in [0.25, 0.3) is 0 Å². The van der Waals surface area contributed by atoms with Crippen molar-refractivity contribution in [2.45, 2.75) is 37.6 Å². The maximum Gasteiger partial charge on any atom is 0.255 e. The summed E-state index contributed by atoms with van der Waals surface area (Å²) in [7, 11) is 1.67. The van der Waals surface area contributed by atoms with Crippen LogP contribution in [0.1, 0.15) is 42.5 Å². The van der Waals surface area contributed by atoms with E-state index in [0.717, 1.165) is 19.3 Å². The third kappa shape index (κ3) is 2.89. The molecule has 0 N–H and O–H groups in total. The van der Waals surface area contributed by atoms with Gasteiger partial charge in [0.15, 0.2) is 0 Å². The molecule has 1 heterocycles. The maximum atomic E-state index is 12.5. The second-order valence-corrected chi connectivity index (χ2v) is 5.84. The number of carbonyl (C=O) groups excluding carboxylic acids is 1. The van der Waals surface area contributed by atoms with E-state index in [1.807, 2.05) is 0 Å². The van der Waals surface area contributed by atoms with E-state index < -0.39 is 5.54 Å². The topological polar surface area (TPSA) is 57.0 Å². The number of halogens is 2. The molecule has 0 aromatic carbocycles. The van der Waals surface area contributed by atoms with Gasteiger partial charge >= 0.3 is 0 Å². The standard InChI is InChI=1S/C14H15Cl2N3O/c1-19(14(9-17)5-3-2-4-6-14)13(20)10-7-11(15)18-12(16)8-10/h7-8H,2-6H2,1H3. The zero-order valence-corrected chi connectivity index (χ0v) is 12.7. The van der Waals surface area contributed by atoms with Crippen molar-refractivity contribution in [3.8, 4) is 6.07 Å². The van der Waals surface area contributed by atoms with Gasteiger partial charge in [-0.05, 0) is 25.0 Å². The molecule has 0 radical (unpaired) electrons. The SMILES string of the molecule is CN(C(=O)c1cc(Cl)nc(Cl)c1)C1(C#N)CCCCC1. The van der Waals surface area contributed by atoms with E-state index in [4.69, 9.17) is 23.2 Å². The minimum atomic E-state index is -0.725. The summed E-state index contributed by atoms with van der Waals surface area (Å²) in [4.78, 5) is 17.9. The Bertz CT molecular complexity index is 542. The number of pyridine rings is 1. The van der Waals surface area contributed by atoms with E-state index in [-0.39, 0.29) is 16.2 Å². The zero-order valence-electron chi connectivity index (χ0n) is 11.2. The van der Waals surface area contributed by atoms with Gasteiger partial charge in [-0.1, -0.05) is 42.5 Å². The van der Waals surface area contributed by atoms with E-state index in [1.165, 1.54) is 17.0 Å². The van der Waals surface area contributed by atoms with Gasteiger partial charge in [-0.3, -0.25) is 4.79 Å². The highest BCUT2D eigenvalue weighted by Gasteiger charge is 2.39. The normalized spacial score (nSPS) is 17.3. The van der Waals surface area contributed by atoms with Crippen molar-refractivity contribution in [3.63, 3.8) is 0 Å². The van der Waals surface area contributed by atoms with Crippen molar-refractivity contribution in [1.29, 1.82) is 5.26 Å². The van der Waals surface area contributed by atoms with Gasteiger partial charge in [-0.25, -0.2) is 4.98 Å². The lowest BCUT2D eigenvalue weighted by Crippen LogP contribution is -2.49. The Morgan fingerprint density at radius 2 is 1.85 bits per heavy atom. The molecule has 0 aliphatic heterocycles. The lowest BCUT2D eigenvalue weighted by atomic mass is 9.81. The number of nitriles is 1. The van der Waals surface area contributed by atoms with E-state index in [9.17, 15) is 10.1 Å². The molecule has 0 unspecified atom stereocenters. The molecule has 1 fully saturated rings. The molecule has 0 atom stereocenters. The van der Waals surface area contributed by atoms with Gasteiger partial charge in [0.1, 0.15) is 15.8 Å². The average Bonchev–Trinajstić information content (AvgIpc) is 2.45. The molecule has 2 rings (SSSR count). The number of rotatable bonds is 2. The van der Waals surface area contributed by atoms with Crippen LogP contribution >= 0.6 is 23.2 Å². The van der Waals surface area contributed by atoms with Crippen molar-refractivity contribution in [2.24, 2.45) is 0 Å². The largest absolute Gasteiger partial charge is 0.323 e. The highest BCUT2D eigenvalue weighted by molar-refractivity contribution is 6.33. The summed E-state index contributed by atoms with van der Waals surface area (Å²) in [5, 5.41) is 9.85. The molecular weight excluding hydrogens is 297 g/mol.